The summed E-state index contributed by atoms with van der Waals surface area (Å²) >= 11 is 0. The summed E-state index contributed by atoms with van der Waals surface area (Å²) < 4.78 is 0. The zero-order valence-electron chi connectivity index (χ0n) is 7.40. The van der Waals surface area contributed by atoms with Crippen LogP contribution in [0.25, 0.3) is 0 Å². The first-order valence-electron chi connectivity index (χ1n) is 3.59. The third-order valence-electron chi connectivity index (χ3n) is 1.29. The van der Waals surface area contributed by atoms with Gasteiger partial charge >= 0.3 is 0 Å². The van der Waals surface area contributed by atoms with Gasteiger partial charge in [0.2, 0.25) is 5.91 Å². The summed E-state index contributed by atoms with van der Waals surface area (Å²) in [7, 11) is 0. The largest absolute Gasteiger partial charge is 0.355 e. The minimum Gasteiger partial charge on any atom is -0.355 e. The molecule has 0 heterocycles. The number of carbonyl (C=O) groups excluding carboxylic acids is 1. The molecule has 2 heteroatoms. The topological polar surface area (TPSA) is 29.1 Å². The number of hydrogen-bond donors (Lipinski definition) is 1. The monoisotopic (exact) mass is 153 g/mol. The highest BCUT2D eigenvalue weighted by molar-refractivity contribution is 5.72. The second-order valence-electron chi connectivity index (χ2n) is 3.25. The van der Waals surface area contributed by atoms with Crippen LogP contribution in [0.1, 0.15) is 20.8 Å². The molecule has 0 aromatic rings. The van der Waals surface area contributed by atoms with Crippen LogP contribution < -0.4 is 5.32 Å². The Bertz CT molecular complexity index is 188. The van der Waals surface area contributed by atoms with Gasteiger partial charge in [-0.1, -0.05) is 20.4 Å². The van der Waals surface area contributed by atoms with Gasteiger partial charge in [-0.25, -0.2) is 0 Å². The smallest absolute Gasteiger partial charge is 0.216 e. The molecule has 0 spiro atoms. The van der Waals surface area contributed by atoms with Gasteiger partial charge < -0.3 is 5.32 Å². The molecule has 0 fully saturated rings. The molecule has 11 heavy (non-hydrogen) atoms. The summed E-state index contributed by atoms with van der Waals surface area (Å²) in [6.45, 7) is 9.65. The molecule has 0 aromatic heterocycles. The van der Waals surface area contributed by atoms with Crippen LogP contribution in [0.2, 0.25) is 0 Å². The van der Waals surface area contributed by atoms with Crippen molar-refractivity contribution in [1.82, 2.24) is 5.32 Å². The van der Waals surface area contributed by atoms with Crippen LogP contribution in [0.5, 0.6) is 0 Å². The van der Waals surface area contributed by atoms with Crippen molar-refractivity contribution in [2.45, 2.75) is 20.8 Å². The van der Waals surface area contributed by atoms with E-state index in [1.54, 1.807) is 0 Å². The predicted octanol–water partition coefficient (Wildman–Crippen LogP) is 1.49. The van der Waals surface area contributed by atoms with Crippen molar-refractivity contribution in [3.63, 3.8) is 0 Å². The molecule has 0 aliphatic heterocycles. The van der Waals surface area contributed by atoms with Crippen LogP contribution in [0.4, 0.5) is 0 Å². The molecule has 0 radical (unpaired) electrons. The van der Waals surface area contributed by atoms with Crippen LogP contribution in [0.15, 0.2) is 18.4 Å². The standard InChI is InChI=1S/C9H15NO/c1-5-6-9(3,4)7-10-8(2)11/h6H,1,7H2,2-4H3,(H,10,11). The minimum atomic E-state index is -0.0482. The van der Waals surface area contributed by atoms with Gasteiger partial charge in [-0.05, 0) is 6.08 Å². The van der Waals surface area contributed by atoms with E-state index in [0.717, 1.165) is 0 Å². The molecule has 1 amide bonds. The SMILES string of the molecule is C=C=CC(C)(C)CNC(C)=O. The van der Waals surface area contributed by atoms with E-state index in [-0.39, 0.29) is 11.3 Å². The van der Waals surface area contributed by atoms with E-state index < -0.39 is 0 Å². The van der Waals surface area contributed by atoms with Gasteiger partial charge in [0, 0.05) is 18.9 Å². The number of rotatable bonds is 3. The van der Waals surface area contributed by atoms with Gasteiger partial charge in [0.1, 0.15) is 0 Å². The molecule has 0 aromatic carbocycles. The Kier molecular flexibility index (Phi) is 3.63. The zero-order valence-corrected chi connectivity index (χ0v) is 7.40. The molecule has 0 saturated heterocycles. The maximum absolute atomic E-state index is 10.5. The van der Waals surface area contributed by atoms with Crippen molar-refractivity contribution >= 4 is 5.91 Å². The summed E-state index contributed by atoms with van der Waals surface area (Å²) in [4.78, 5) is 10.5. The normalized spacial score (nSPS) is 10.1. The third kappa shape index (κ3) is 5.43. The van der Waals surface area contributed by atoms with Crippen molar-refractivity contribution in [1.29, 1.82) is 0 Å². The Morgan fingerprint density at radius 2 is 2.27 bits per heavy atom. The fourth-order valence-corrected chi connectivity index (χ4v) is 0.680. The molecule has 1 N–H and O–H groups in total. The average molecular weight is 153 g/mol. The molecule has 0 aliphatic rings. The van der Waals surface area contributed by atoms with E-state index in [1.807, 2.05) is 19.9 Å². The lowest BCUT2D eigenvalue weighted by molar-refractivity contribution is -0.119. The van der Waals surface area contributed by atoms with Gasteiger partial charge in [0.05, 0.1) is 0 Å². The van der Waals surface area contributed by atoms with E-state index >= 15 is 0 Å². The second-order valence-corrected chi connectivity index (χ2v) is 3.25. The van der Waals surface area contributed by atoms with Crippen LogP contribution in [-0.4, -0.2) is 12.5 Å². The molecule has 0 saturated carbocycles. The van der Waals surface area contributed by atoms with Crippen molar-refractivity contribution in [3.05, 3.63) is 18.4 Å². The molecule has 0 unspecified atom stereocenters. The van der Waals surface area contributed by atoms with Gasteiger partial charge in [0.15, 0.2) is 0 Å². The Morgan fingerprint density at radius 1 is 1.73 bits per heavy atom. The fraction of sp³-hybridized carbons (Fsp3) is 0.556. The summed E-state index contributed by atoms with van der Waals surface area (Å²) in [5, 5.41) is 2.73. The van der Waals surface area contributed by atoms with Crippen molar-refractivity contribution in [3.8, 4) is 0 Å². The maximum Gasteiger partial charge on any atom is 0.216 e. The van der Waals surface area contributed by atoms with E-state index in [4.69, 9.17) is 0 Å². The molecule has 0 rings (SSSR count). The van der Waals surface area contributed by atoms with Gasteiger partial charge in [0.25, 0.3) is 0 Å². The second kappa shape index (κ2) is 3.99. The van der Waals surface area contributed by atoms with E-state index in [0.29, 0.717) is 6.54 Å². The van der Waals surface area contributed by atoms with Crippen LogP contribution in [0.3, 0.4) is 0 Å². The molecule has 62 valence electrons. The highest BCUT2D eigenvalue weighted by atomic mass is 16.1. The third-order valence-corrected chi connectivity index (χ3v) is 1.29. The summed E-state index contributed by atoms with van der Waals surface area (Å²) in [6.07, 6.45) is 1.85. The van der Waals surface area contributed by atoms with Crippen LogP contribution in [-0.2, 0) is 4.79 Å². The van der Waals surface area contributed by atoms with Crippen molar-refractivity contribution < 1.29 is 4.79 Å². The number of amides is 1. The summed E-state index contributed by atoms with van der Waals surface area (Å²) in [5.41, 5.74) is 2.66. The molecule has 0 bridgehead atoms. The molecule has 2 nitrogen and oxygen atoms in total. The Balaban J connectivity index is 3.91. The van der Waals surface area contributed by atoms with Gasteiger partial charge in [-0.3, -0.25) is 4.79 Å². The van der Waals surface area contributed by atoms with E-state index in [1.165, 1.54) is 6.92 Å². The first-order chi connectivity index (χ1) is 4.98. The average Bonchev–Trinajstić information content (AvgIpc) is 1.84. The summed E-state index contributed by atoms with van der Waals surface area (Å²) in [6, 6.07) is 0. The lowest BCUT2D eigenvalue weighted by Gasteiger charge is -2.18. The Morgan fingerprint density at radius 3 is 2.64 bits per heavy atom. The van der Waals surface area contributed by atoms with Crippen LogP contribution in [0, 0.1) is 5.41 Å². The van der Waals surface area contributed by atoms with Crippen molar-refractivity contribution in [2.75, 3.05) is 6.54 Å². The van der Waals surface area contributed by atoms with Crippen LogP contribution >= 0.6 is 0 Å². The quantitative estimate of drug-likeness (QED) is 0.611. The summed E-state index contributed by atoms with van der Waals surface area (Å²) in [5.74, 6) is -0.00413. The van der Waals surface area contributed by atoms with Crippen molar-refractivity contribution in [2.24, 2.45) is 5.41 Å². The highest BCUT2D eigenvalue weighted by Crippen LogP contribution is 2.13. The lowest BCUT2D eigenvalue weighted by Crippen LogP contribution is -2.30. The Labute approximate surface area is 68.0 Å². The number of hydrogen-bond acceptors (Lipinski definition) is 1. The zero-order chi connectivity index (χ0) is 8.91. The first-order valence-corrected chi connectivity index (χ1v) is 3.59. The van der Waals surface area contributed by atoms with Gasteiger partial charge in [-0.15, -0.1) is 5.73 Å². The molecule has 0 aliphatic carbocycles. The molecular weight excluding hydrogens is 138 g/mol. The first kappa shape index (κ1) is 9.99. The maximum atomic E-state index is 10.5. The highest BCUT2D eigenvalue weighted by Gasteiger charge is 2.13. The lowest BCUT2D eigenvalue weighted by atomic mass is 9.94. The fourth-order valence-electron chi connectivity index (χ4n) is 0.680. The van der Waals surface area contributed by atoms with E-state index in [2.05, 4.69) is 17.6 Å². The number of nitrogens with one attached hydrogen (secondary N) is 1. The van der Waals surface area contributed by atoms with E-state index in [9.17, 15) is 4.79 Å². The molecular formula is C9H15NO. The van der Waals surface area contributed by atoms with Gasteiger partial charge in [-0.2, -0.15) is 0 Å². The predicted molar refractivity (Wildman–Crippen MR) is 46.2 cm³/mol. The Hall–Kier alpha value is -1.01. The number of carbonyl (C=O) groups is 1. The minimum absolute atomic E-state index is 0.00413. The molecule has 0 atom stereocenters.